The molecule has 0 saturated heterocycles. The Morgan fingerprint density at radius 2 is 0.770 bits per heavy atom. The van der Waals surface area contributed by atoms with Gasteiger partial charge in [0.25, 0.3) is 0 Å². The average Bonchev–Trinajstić information content (AvgIpc) is 3.91. The van der Waals surface area contributed by atoms with Crippen molar-refractivity contribution < 1.29 is 8.83 Å². The second-order valence-corrected chi connectivity index (χ2v) is 15.7. The maximum absolute atomic E-state index is 6.88. The highest BCUT2D eigenvalue weighted by Gasteiger charge is 2.20. The van der Waals surface area contributed by atoms with Gasteiger partial charge in [0, 0.05) is 55.6 Å². The van der Waals surface area contributed by atoms with Gasteiger partial charge in [0.15, 0.2) is 0 Å². The minimum atomic E-state index is 0.860. The van der Waals surface area contributed by atoms with Crippen molar-refractivity contribution in [2.75, 3.05) is 4.90 Å². The lowest BCUT2D eigenvalue weighted by Gasteiger charge is -2.26. The minimum Gasteiger partial charge on any atom is -0.456 e. The van der Waals surface area contributed by atoms with E-state index in [0.29, 0.717) is 0 Å². The van der Waals surface area contributed by atoms with E-state index in [2.05, 4.69) is 217 Å². The quantitative estimate of drug-likeness (QED) is 0.161. The van der Waals surface area contributed by atoms with Crippen molar-refractivity contribution >= 4 is 71.7 Å². The summed E-state index contributed by atoms with van der Waals surface area (Å²) in [4.78, 5) is 2.32. The molecular weight excluding hydrogens is 743 g/mol. The summed E-state index contributed by atoms with van der Waals surface area (Å²) in [5, 5.41) is 6.68. The number of rotatable bonds is 7. The Hall–Kier alpha value is -8.14. The van der Waals surface area contributed by atoms with Crippen LogP contribution in [0.1, 0.15) is 0 Å². The lowest BCUT2D eigenvalue weighted by Crippen LogP contribution is -2.10. The summed E-state index contributed by atoms with van der Waals surface area (Å²) >= 11 is 0. The predicted molar refractivity (Wildman–Crippen MR) is 255 cm³/mol. The topological polar surface area (TPSA) is 29.5 Å². The standard InChI is InChI=1S/C58H37NO2/c1-3-13-38(14-4-1)40-25-27-41(28-26-40)47-22-12-23-52-54-37-53(48-19-7-8-21-51(48)58(54)61-57(47)52)42-29-31-44(32-30-42)59(45-18-11-17-43(35-45)39-15-5-2-6-16-39)46-33-34-50-49-20-9-10-24-55(49)60-56(50)36-46/h1-37H. The van der Waals surface area contributed by atoms with Gasteiger partial charge in [-0.3, -0.25) is 0 Å². The molecule has 0 aliphatic rings. The molecule has 0 atom stereocenters. The molecule has 10 aromatic carbocycles. The van der Waals surface area contributed by atoms with E-state index in [1.807, 2.05) is 12.1 Å². The van der Waals surface area contributed by atoms with Crippen molar-refractivity contribution in [3.63, 3.8) is 0 Å². The van der Waals surface area contributed by atoms with Gasteiger partial charge in [-0.1, -0.05) is 170 Å². The summed E-state index contributed by atoms with van der Waals surface area (Å²) in [5.41, 5.74) is 15.9. The SMILES string of the molecule is c1ccc(-c2ccc(-c3cccc4c3oc3c5ccccc5c(-c5ccc(N(c6cccc(-c7ccccc7)c6)c6ccc7c(c6)oc6ccccc67)cc5)cc43)cc2)cc1. The van der Waals surface area contributed by atoms with Gasteiger partial charge < -0.3 is 13.7 Å². The minimum absolute atomic E-state index is 0.860. The highest BCUT2D eigenvalue weighted by molar-refractivity contribution is 6.20. The molecule has 12 rings (SSSR count). The van der Waals surface area contributed by atoms with E-state index >= 15 is 0 Å². The van der Waals surface area contributed by atoms with Gasteiger partial charge in [0.1, 0.15) is 22.3 Å². The van der Waals surface area contributed by atoms with Gasteiger partial charge in [-0.2, -0.15) is 0 Å². The Morgan fingerprint density at radius 1 is 0.246 bits per heavy atom. The second-order valence-electron chi connectivity index (χ2n) is 15.7. The van der Waals surface area contributed by atoms with E-state index in [0.717, 1.165) is 99.5 Å². The van der Waals surface area contributed by atoms with Crippen LogP contribution in [0.2, 0.25) is 0 Å². The van der Waals surface area contributed by atoms with Gasteiger partial charge in [-0.25, -0.2) is 0 Å². The van der Waals surface area contributed by atoms with Crippen LogP contribution in [0.5, 0.6) is 0 Å². The Morgan fingerprint density at radius 3 is 1.56 bits per heavy atom. The summed E-state index contributed by atoms with van der Waals surface area (Å²) in [6.07, 6.45) is 0. The Balaban J connectivity index is 0.976. The average molecular weight is 780 g/mol. The first-order chi connectivity index (χ1) is 30.2. The monoisotopic (exact) mass is 779 g/mol. The van der Waals surface area contributed by atoms with Crippen LogP contribution in [-0.2, 0) is 0 Å². The van der Waals surface area contributed by atoms with Crippen LogP contribution in [-0.4, -0.2) is 0 Å². The molecular formula is C58H37NO2. The first-order valence-corrected chi connectivity index (χ1v) is 20.7. The van der Waals surface area contributed by atoms with E-state index in [4.69, 9.17) is 8.83 Å². The normalized spacial score (nSPS) is 11.6. The van der Waals surface area contributed by atoms with E-state index < -0.39 is 0 Å². The molecule has 0 fully saturated rings. The second kappa shape index (κ2) is 14.3. The largest absolute Gasteiger partial charge is 0.456 e. The van der Waals surface area contributed by atoms with E-state index in [-0.39, 0.29) is 0 Å². The molecule has 286 valence electrons. The van der Waals surface area contributed by atoms with Gasteiger partial charge in [0.2, 0.25) is 0 Å². The molecule has 12 aromatic rings. The van der Waals surface area contributed by atoms with E-state index in [9.17, 15) is 0 Å². The summed E-state index contributed by atoms with van der Waals surface area (Å²) in [6, 6.07) is 79.8. The molecule has 3 heteroatoms. The zero-order valence-electron chi connectivity index (χ0n) is 33.1. The third-order valence-corrected chi connectivity index (χ3v) is 12.1. The van der Waals surface area contributed by atoms with Crippen molar-refractivity contribution in [2.45, 2.75) is 0 Å². The fraction of sp³-hybridized carbons (Fsp3) is 0. The highest BCUT2D eigenvalue weighted by atomic mass is 16.3. The van der Waals surface area contributed by atoms with Crippen LogP contribution in [0.25, 0.3) is 99.2 Å². The number of para-hydroxylation sites is 2. The van der Waals surface area contributed by atoms with Crippen molar-refractivity contribution in [1.29, 1.82) is 0 Å². The maximum atomic E-state index is 6.88. The van der Waals surface area contributed by atoms with Crippen LogP contribution in [0.4, 0.5) is 17.1 Å². The molecule has 3 nitrogen and oxygen atoms in total. The number of fused-ring (bicyclic) bond motifs is 8. The van der Waals surface area contributed by atoms with Crippen molar-refractivity contribution in [3.05, 3.63) is 224 Å². The molecule has 0 saturated carbocycles. The number of hydrogen-bond acceptors (Lipinski definition) is 3. The molecule has 2 heterocycles. The Labute approximate surface area is 353 Å². The van der Waals surface area contributed by atoms with Crippen LogP contribution in [0.15, 0.2) is 233 Å². The lowest BCUT2D eigenvalue weighted by atomic mass is 9.94. The summed E-state index contributed by atoms with van der Waals surface area (Å²) in [7, 11) is 0. The van der Waals surface area contributed by atoms with Gasteiger partial charge in [-0.15, -0.1) is 0 Å². The first-order valence-electron chi connectivity index (χ1n) is 20.7. The molecule has 0 spiro atoms. The molecule has 0 aliphatic heterocycles. The molecule has 0 radical (unpaired) electrons. The molecule has 2 aromatic heterocycles. The third-order valence-electron chi connectivity index (χ3n) is 12.1. The fourth-order valence-electron chi connectivity index (χ4n) is 9.10. The van der Waals surface area contributed by atoms with Gasteiger partial charge >= 0.3 is 0 Å². The lowest BCUT2D eigenvalue weighted by molar-refractivity contribution is 0.669. The Kier molecular flexibility index (Phi) is 8.17. The number of furan rings is 2. The Bertz CT molecular complexity index is 3560. The predicted octanol–water partition coefficient (Wildman–Crippen LogP) is 16.8. The van der Waals surface area contributed by atoms with Crippen molar-refractivity contribution in [3.8, 4) is 44.5 Å². The molecule has 0 bridgehead atoms. The molecule has 0 amide bonds. The van der Waals surface area contributed by atoms with Crippen LogP contribution in [0, 0.1) is 0 Å². The van der Waals surface area contributed by atoms with Crippen LogP contribution in [0.3, 0.4) is 0 Å². The fourth-order valence-corrected chi connectivity index (χ4v) is 9.10. The van der Waals surface area contributed by atoms with Gasteiger partial charge in [-0.05, 0) is 92.9 Å². The first kappa shape index (κ1) is 34.9. The summed E-state index contributed by atoms with van der Waals surface area (Å²) in [5.74, 6) is 0. The van der Waals surface area contributed by atoms with E-state index in [1.54, 1.807) is 0 Å². The van der Waals surface area contributed by atoms with Crippen LogP contribution < -0.4 is 4.90 Å². The summed E-state index contributed by atoms with van der Waals surface area (Å²) in [6.45, 7) is 0. The molecule has 0 aliphatic carbocycles. The number of hydrogen-bond donors (Lipinski definition) is 0. The zero-order valence-corrected chi connectivity index (χ0v) is 33.1. The highest BCUT2D eigenvalue weighted by Crippen LogP contribution is 2.44. The van der Waals surface area contributed by atoms with Crippen molar-refractivity contribution in [2.24, 2.45) is 0 Å². The number of anilines is 3. The summed E-state index contributed by atoms with van der Waals surface area (Å²) < 4.78 is 13.3. The number of benzene rings is 10. The molecule has 0 unspecified atom stereocenters. The third kappa shape index (κ3) is 5.98. The smallest absolute Gasteiger partial charge is 0.143 e. The molecule has 0 N–H and O–H groups in total. The number of nitrogens with zero attached hydrogens (tertiary/aromatic N) is 1. The zero-order chi connectivity index (χ0) is 40.3. The maximum Gasteiger partial charge on any atom is 0.143 e. The van der Waals surface area contributed by atoms with Crippen molar-refractivity contribution in [1.82, 2.24) is 0 Å². The van der Waals surface area contributed by atoms with E-state index in [1.165, 1.54) is 16.7 Å². The van der Waals surface area contributed by atoms with Gasteiger partial charge in [0.05, 0.1) is 0 Å². The molecule has 61 heavy (non-hydrogen) atoms. The van der Waals surface area contributed by atoms with Crippen LogP contribution >= 0.6 is 0 Å².